The summed E-state index contributed by atoms with van der Waals surface area (Å²) in [4.78, 5) is 42.3. The lowest BCUT2D eigenvalue weighted by molar-refractivity contribution is 0.0986. The predicted molar refractivity (Wildman–Crippen MR) is 127 cm³/mol. The van der Waals surface area contributed by atoms with Crippen LogP contribution in [0.5, 0.6) is 0 Å². The van der Waals surface area contributed by atoms with E-state index in [2.05, 4.69) is 32.7 Å². The second kappa shape index (κ2) is 10.5. The van der Waals surface area contributed by atoms with Gasteiger partial charge in [-0.1, -0.05) is 66.0 Å². The SMILES string of the molecule is CCCCCN(C(=O)c1ccc(C(C)(C)C)cc1)c1c(N)n(CCCC)c(=O)[nH]c1=O. The zero-order valence-corrected chi connectivity index (χ0v) is 19.5. The minimum Gasteiger partial charge on any atom is -0.383 e. The van der Waals surface area contributed by atoms with E-state index in [9.17, 15) is 14.4 Å². The van der Waals surface area contributed by atoms with Gasteiger partial charge in [-0.15, -0.1) is 0 Å². The fourth-order valence-corrected chi connectivity index (χ4v) is 3.48. The molecule has 0 radical (unpaired) electrons. The van der Waals surface area contributed by atoms with Gasteiger partial charge in [0, 0.05) is 18.7 Å². The van der Waals surface area contributed by atoms with Gasteiger partial charge in [-0.2, -0.15) is 0 Å². The van der Waals surface area contributed by atoms with Gasteiger partial charge in [-0.25, -0.2) is 4.79 Å². The summed E-state index contributed by atoms with van der Waals surface area (Å²) in [6.07, 6.45) is 4.24. The number of hydrogen-bond donors (Lipinski definition) is 2. The molecule has 0 saturated carbocycles. The molecule has 1 amide bonds. The van der Waals surface area contributed by atoms with Crippen molar-refractivity contribution in [2.75, 3.05) is 17.2 Å². The number of nitrogens with zero attached hydrogens (tertiary/aromatic N) is 2. The lowest BCUT2D eigenvalue weighted by Gasteiger charge is -2.25. The molecule has 1 heterocycles. The van der Waals surface area contributed by atoms with Gasteiger partial charge < -0.3 is 10.6 Å². The molecule has 1 aromatic carbocycles. The predicted octanol–water partition coefficient (Wildman–Crippen LogP) is 4.05. The average molecular weight is 429 g/mol. The van der Waals surface area contributed by atoms with Gasteiger partial charge in [-0.3, -0.25) is 19.1 Å². The Morgan fingerprint density at radius 2 is 1.65 bits per heavy atom. The van der Waals surface area contributed by atoms with E-state index in [1.165, 1.54) is 9.47 Å². The summed E-state index contributed by atoms with van der Waals surface area (Å²) in [5.74, 6) is -0.257. The number of H-pyrrole nitrogens is 1. The Kier molecular flexibility index (Phi) is 8.25. The highest BCUT2D eigenvalue weighted by Crippen LogP contribution is 2.24. The van der Waals surface area contributed by atoms with Crippen LogP contribution in [0, 0.1) is 0 Å². The molecule has 0 spiro atoms. The number of unbranched alkanes of at least 4 members (excludes halogenated alkanes) is 3. The molecule has 0 aliphatic heterocycles. The van der Waals surface area contributed by atoms with E-state index >= 15 is 0 Å². The highest BCUT2D eigenvalue weighted by molar-refractivity contribution is 6.07. The maximum Gasteiger partial charge on any atom is 0.330 e. The van der Waals surface area contributed by atoms with Crippen LogP contribution in [-0.4, -0.2) is 22.0 Å². The molecule has 1 aromatic heterocycles. The van der Waals surface area contributed by atoms with Crippen LogP contribution in [0.25, 0.3) is 0 Å². The van der Waals surface area contributed by atoms with Crippen LogP contribution in [0.15, 0.2) is 33.9 Å². The van der Waals surface area contributed by atoms with E-state index in [4.69, 9.17) is 5.73 Å². The number of hydrogen-bond acceptors (Lipinski definition) is 4. The molecule has 0 saturated heterocycles. The van der Waals surface area contributed by atoms with Crippen molar-refractivity contribution in [3.05, 3.63) is 56.2 Å². The van der Waals surface area contributed by atoms with Gasteiger partial charge in [0.2, 0.25) is 0 Å². The number of amides is 1. The third-order valence-electron chi connectivity index (χ3n) is 5.45. The van der Waals surface area contributed by atoms with E-state index in [0.29, 0.717) is 18.7 Å². The first-order valence-electron chi connectivity index (χ1n) is 11.2. The Labute approximate surface area is 184 Å². The molecule has 7 heteroatoms. The highest BCUT2D eigenvalue weighted by atomic mass is 16.2. The van der Waals surface area contributed by atoms with Gasteiger partial charge in [0.1, 0.15) is 5.82 Å². The summed E-state index contributed by atoms with van der Waals surface area (Å²) >= 11 is 0. The zero-order valence-electron chi connectivity index (χ0n) is 19.5. The third kappa shape index (κ3) is 5.87. The van der Waals surface area contributed by atoms with Crippen molar-refractivity contribution in [3.63, 3.8) is 0 Å². The van der Waals surface area contributed by atoms with Gasteiger partial charge in [0.15, 0.2) is 5.69 Å². The average Bonchev–Trinajstić information content (AvgIpc) is 2.71. The molecule has 0 aliphatic carbocycles. The first-order valence-corrected chi connectivity index (χ1v) is 11.2. The van der Waals surface area contributed by atoms with Crippen molar-refractivity contribution >= 4 is 17.4 Å². The summed E-state index contributed by atoms with van der Waals surface area (Å²) in [5, 5.41) is 0. The topological polar surface area (TPSA) is 101 Å². The van der Waals surface area contributed by atoms with Crippen LogP contribution >= 0.6 is 0 Å². The monoisotopic (exact) mass is 428 g/mol. The van der Waals surface area contributed by atoms with Crippen molar-refractivity contribution in [1.82, 2.24) is 9.55 Å². The fourth-order valence-electron chi connectivity index (χ4n) is 3.48. The number of carbonyl (C=O) groups is 1. The van der Waals surface area contributed by atoms with Crippen molar-refractivity contribution in [3.8, 4) is 0 Å². The summed E-state index contributed by atoms with van der Waals surface area (Å²) in [6, 6.07) is 7.45. The Morgan fingerprint density at radius 1 is 1.03 bits per heavy atom. The second-order valence-corrected chi connectivity index (χ2v) is 8.99. The van der Waals surface area contributed by atoms with E-state index in [0.717, 1.165) is 37.7 Å². The number of carbonyl (C=O) groups excluding carboxylic acids is 1. The first-order chi connectivity index (χ1) is 14.6. The second-order valence-electron chi connectivity index (χ2n) is 8.99. The van der Waals surface area contributed by atoms with Gasteiger partial charge in [0.25, 0.3) is 11.5 Å². The number of aromatic amines is 1. The van der Waals surface area contributed by atoms with E-state index in [1.807, 2.05) is 19.1 Å². The molecule has 0 aliphatic rings. The number of nitrogens with two attached hydrogens (primary N) is 1. The normalized spacial score (nSPS) is 11.5. The smallest absolute Gasteiger partial charge is 0.330 e. The highest BCUT2D eigenvalue weighted by Gasteiger charge is 2.25. The molecule has 0 atom stereocenters. The molecule has 170 valence electrons. The van der Waals surface area contributed by atoms with Gasteiger partial charge >= 0.3 is 5.69 Å². The molecule has 7 nitrogen and oxygen atoms in total. The Morgan fingerprint density at radius 3 is 2.19 bits per heavy atom. The molecule has 2 aromatic rings. The molecule has 2 rings (SSSR count). The number of aromatic nitrogens is 2. The Balaban J connectivity index is 2.53. The number of benzene rings is 1. The Bertz CT molecular complexity index is 997. The zero-order chi connectivity index (χ0) is 23.2. The summed E-state index contributed by atoms with van der Waals surface area (Å²) in [6.45, 7) is 11.2. The van der Waals surface area contributed by atoms with Crippen LogP contribution in [0.1, 0.15) is 82.6 Å². The summed E-state index contributed by atoms with van der Waals surface area (Å²) < 4.78 is 1.35. The van der Waals surface area contributed by atoms with Crippen LogP contribution < -0.4 is 21.9 Å². The Hall–Kier alpha value is -2.83. The standard InChI is InChI=1S/C24H36N4O3/c1-6-8-10-16-27(22(30)17-11-13-18(14-12-17)24(3,4)5)19-20(25)28(15-9-7-2)23(31)26-21(19)29/h11-14H,6-10,15-16,25H2,1-5H3,(H,26,29,31). The first kappa shape index (κ1) is 24.4. The van der Waals surface area contributed by atoms with Crippen LogP contribution in [0.3, 0.4) is 0 Å². The fraction of sp³-hybridized carbons (Fsp3) is 0.542. The van der Waals surface area contributed by atoms with E-state index in [1.54, 1.807) is 12.1 Å². The number of anilines is 2. The molecular weight excluding hydrogens is 392 g/mol. The number of nitrogens with one attached hydrogen (secondary N) is 1. The molecular formula is C24H36N4O3. The van der Waals surface area contributed by atoms with Crippen molar-refractivity contribution < 1.29 is 4.79 Å². The summed E-state index contributed by atoms with van der Waals surface area (Å²) in [7, 11) is 0. The van der Waals surface area contributed by atoms with Gasteiger partial charge in [0.05, 0.1) is 0 Å². The van der Waals surface area contributed by atoms with E-state index in [-0.39, 0.29) is 22.8 Å². The largest absolute Gasteiger partial charge is 0.383 e. The molecule has 0 bridgehead atoms. The quantitative estimate of drug-likeness (QED) is 0.588. The van der Waals surface area contributed by atoms with Crippen LogP contribution in [0.4, 0.5) is 11.5 Å². The lowest BCUT2D eigenvalue weighted by atomic mass is 9.86. The van der Waals surface area contributed by atoms with E-state index < -0.39 is 11.2 Å². The number of rotatable bonds is 9. The van der Waals surface area contributed by atoms with Crippen molar-refractivity contribution in [2.45, 2.75) is 78.7 Å². The molecule has 0 fully saturated rings. The van der Waals surface area contributed by atoms with Crippen LogP contribution in [-0.2, 0) is 12.0 Å². The maximum absolute atomic E-state index is 13.4. The third-order valence-corrected chi connectivity index (χ3v) is 5.45. The van der Waals surface area contributed by atoms with Crippen LogP contribution in [0.2, 0.25) is 0 Å². The lowest BCUT2D eigenvalue weighted by Crippen LogP contribution is -2.41. The molecule has 3 N–H and O–H groups in total. The van der Waals surface area contributed by atoms with Gasteiger partial charge in [-0.05, 0) is 36.0 Å². The number of nitrogen functional groups attached to an aromatic ring is 1. The van der Waals surface area contributed by atoms with Crippen molar-refractivity contribution in [1.29, 1.82) is 0 Å². The van der Waals surface area contributed by atoms with Crippen molar-refractivity contribution in [2.24, 2.45) is 0 Å². The minimum absolute atomic E-state index is 0.0290. The molecule has 31 heavy (non-hydrogen) atoms. The molecule has 0 unspecified atom stereocenters. The summed E-state index contributed by atoms with van der Waals surface area (Å²) in [5.41, 5.74) is 6.72. The minimum atomic E-state index is -0.633. The maximum atomic E-state index is 13.4.